The van der Waals surface area contributed by atoms with E-state index in [4.69, 9.17) is 4.98 Å². The van der Waals surface area contributed by atoms with E-state index in [9.17, 15) is 0 Å². The van der Waals surface area contributed by atoms with E-state index in [1.165, 1.54) is 0 Å². The molecule has 0 radical (unpaired) electrons. The summed E-state index contributed by atoms with van der Waals surface area (Å²) in [6.45, 7) is 8.32. The first-order valence-electron chi connectivity index (χ1n) is 9.82. The van der Waals surface area contributed by atoms with E-state index < -0.39 is 0 Å². The Bertz CT molecular complexity index is 1520. The van der Waals surface area contributed by atoms with Gasteiger partial charge in [0.2, 0.25) is 0 Å². The Morgan fingerprint density at radius 3 is 2.84 bits per heavy atom. The van der Waals surface area contributed by atoms with Crippen molar-refractivity contribution in [2.45, 2.75) is 13.8 Å². The molecule has 0 saturated carbocycles. The molecule has 5 heterocycles. The van der Waals surface area contributed by atoms with Crippen LogP contribution in [0, 0.1) is 6.92 Å². The zero-order valence-electron chi connectivity index (χ0n) is 17.2. The van der Waals surface area contributed by atoms with Crippen LogP contribution in [0.4, 0.5) is 0 Å². The number of aromatic nitrogens is 6. The van der Waals surface area contributed by atoms with Crippen LogP contribution in [0.25, 0.3) is 51.2 Å². The van der Waals surface area contributed by atoms with Gasteiger partial charge in [-0.3, -0.25) is 15.1 Å². The number of aryl methyl sites for hydroxylation is 1. The molecule has 5 aromatic rings. The van der Waals surface area contributed by atoms with Gasteiger partial charge in [-0.2, -0.15) is 5.10 Å². The highest BCUT2D eigenvalue weighted by molar-refractivity contribution is 7.13. The molecule has 0 bridgehead atoms. The van der Waals surface area contributed by atoms with Crippen molar-refractivity contribution in [3.63, 3.8) is 0 Å². The van der Waals surface area contributed by atoms with Gasteiger partial charge in [0.05, 0.1) is 17.1 Å². The molecular formula is C24H20N6S. The van der Waals surface area contributed by atoms with Crippen molar-refractivity contribution in [2.75, 3.05) is 0 Å². The molecule has 0 aliphatic rings. The lowest BCUT2D eigenvalue weighted by Crippen LogP contribution is -2.21. The number of H-pyrrole nitrogens is 2. The Morgan fingerprint density at radius 1 is 1.16 bits per heavy atom. The minimum atomic E-state index is 0.672. The number of allylic oxidation sites excluding steroid dienone is 2. The SMILES string of the molecule is C=c1c(-c2nc3c(-c4cccs4)cncc3[nH]2)n[nH]/c1=C/C=C(\C)c1cncc(C)c1. The van der Waals surface area contributed by atoms with Crippen LogP contribution >= 0.6 is 11.3 Å². The summed E-state index contributed by atoms with van der Waals surface area (Å²) in [5.41, 5.74) is 6.79. The van der Waals surface area contributed by atoms with Crippen molar-refractivity contribution in [3.05, 3.63) is 76.1 Å². The maximum absolute atomic E-state index is 4.82. The molecule has 0 aromatic carbocycles. The summed E-state index contributed by atoms with van der Waals surface area (Å²) < 4.78 is 0. The first-order valence-corrected chi connectivity index (χ1v) is 10.7. The highest BCUT2D eigenvalue weighted by Crippen LogP contribution is 2.30. The first kappa shape index (κ1) is 19.1. The number of aromatic amines is 2. The van der Waals surface area contributed by atoms with Crippen LogP contribution in [-0.2, 0) is 0 Å². The monoisotopic (exact) mass is 424 g/mol. The number of imidazole rings is 1. The highest BCUT2D eigenvalue weighted by atomic mass is 32.1. The molecule has 5 rings (SSSR count). The van der Waals surface area contributed by atoms with Gasteiger partial charge in [-0.25, -0.2) is 4.98 Å². The normalized spacial score (nSPS) is 12.7. The summed E-state index contributed by atoms with van der Waals surface area (Å²) in [6, 6.07) is 6.21. The largest absolute Gasteiger partial charge is 0.335 e. The van der Waals surface area contributed by atoms with E-state index in [0.29, 0.717) is 11.5 Å². The smallest absolute Gasteiger partial charge is 0.159 e. The summed E-state index contributed by atoms with van der Waals surface area (Å²) in [5, 5.41) is 11.2. The number of fused-ring (bicyclic) bond motifs is 1. The number of hydrogen-bond acceptors (Lipinski definition) is 5. The third-order valence-corrected chi connectivity index (χ3v) is 6.04. The summed E-state index contributed by atoms with van der Waals surface area (Å²) in [4.78, 5) is 17.9. The minimum absolute atomic E-state index is 0.672. The summed E-state index contributed by atoms with van der Waals surface area (Å²) in [5.74, 6) is 0.672. The molecule has 0 atom stereocenters. The molecule has 0 amide bonds. The lowest BCUT2D eigenvalue weighted by Gasteiger charge is -2.00. The molecule has 0 aliphatic heterocycles. The van der Waals surface area contributed by atoms with E-state index in [0.717, 1.165) is 48.7 Å². The zero-order valence-corrected chi connectivity index (χ0v) is 18.0. The van der Waals surface area contributed by atoms with Crippen molar-refractivity contribution in [2.24, 2.45) is 0 Å². The van der Waals surface area contributed by atoms with Gasteiger partial charge in [-0.1, -0.05) is 18.7 Å². The molecule has 5 aromatic heterocycles. The second-order valence-electron chi connectivity index (χ2n) is 7.38. The molecule has 7 heteroatoms. The number of nitrogens with zero attached hydrogens (tertiary/aromatic N) is 4. The summed E-state index contributed by atoms with van der Waals surface area (Å²) in [6.07, 6.45) is 11.4. The van der Waals surface area contributed by atoms with Gasteiger partial charge in [0.15, 0.2) is 5.82 Å². The topological polar surface area (TPSA) is 83.1 Å². The van der Waals surface area contributed by atoms with E-state index in [-0.39, 0.29) is 0 Å². The van der Waals surface area contributed by atoms with Crippen molar-refractivity contribution < 1.29 is 0 Å². The van der Waals surface area contributed by atoms with Gasteiger partial charge in [-0.05, 0) is 54.1 Å². The van der Waals surface area contributed by atoms with Gasteiger partial charge < -0.3 is 4.98 Å². The fraction of sp³-hybridized carbons (Fsp3) is 0.0833. The maximum atomic E-state index is 4.82. The fourth-order valence-electron chi connectivity index (χ4n) is 3.44. The van der Waals surface area contributed by atoms with Crippen molar-refractivity contribution in [3.8, 4) is 22.0 Å². The molecule has 152 valence electrons. The number of rotatable bonds is 4. The predicted molar refractivity (Wildman–Crippen MR) is 127 cm³/mol. The van der Waals surface area contributed by atoms with E-state index in [1.807, 2.05) is 49.1 Å². The number of nitrogens with one attached hydrogen (secondary N) is 2. The van der Waals surface area contributed by atoms with Gasteiger partial charge in [0.25, 0.3) is 0 Å². The second-order valence-corrected chi connectivity index (χ2v) is 8.33. The molecule has 0 spiro atoms. The standard InChI is InChI=1S/C24H20N6S/c1-14-9-17(11-25-10-14)15(2)6-7-19-16(3)22(30-29-19)24-27-20-13-26-12-18(23(20)28-24)21-5-4-8-31-21/h4-13,29H,3H2,1-2H3,(H,27,28)/b15-6+,19-7+. The molecule has 0 fully saturated rings. The highest BCUT2D eigenvalue weighted by Gasteiger charge is 2.14. The molecular weight excluding hydrogens is 404 g/mol. The molecule has 31 heavy (non-hydrogen) atoms. The number of thiophene rings is 1. The molecule has 2 N–H and O–H groups in total. The number of hydrogen-bond donors (Lipinski definition) is 2. The Balaban J connectivity index is 1.54. The van der Waals surface area contributed by atoms with E-state index in [1.54, 1.807) is 17.5 Å². The van der Waals surface area contributed by atoms with Crippen LogP contribution < -0.4 is 10.6 Å². The van der Waals surface area contributed by atoms with Gasteiger partial charge in [0.1, 0.15) is 11.2 Å². The first-order chi connectivity index (χ1) is 15.1. The third kappa shape index (κ3) is 3.60. The Morgan fingerprint density at radius 2 is 2.03 bits per heavy atom. The second kappa shape index (κ2) is 7.77. The summed E-state index contributed by atoms with van der Waals surface area (Å²) >= 11 is 1.67. The van der Waals surface area contributed by atoms with Crippen LogP contribution in [0.5, 0.6) is 0 Å². The van der Waals surface area contributed by atoms with Crippen LogP contribution in [0.2, 0.25) is 0 Å². The third-order valence-electron chi connectivity index (χ3n) is 5.13. The average molecular weight is 425 g/mol. The lowest BCUT2D eigenvalue weighted by molar-refractivity contribution is 1.06. The van der Waals surface area contributed by atoms with Crippen LogP contribution in [0.15, 0.2) is 54.4 Å². The Hall–Kier alpha value is -3.84. The van der Waals surface area contributed by atoms with Crippen molar-refractivity contribution in [1.29, 1.82) is 0 Å². The van der Waals surface area contributed by atoms with E-state index in [2.05, 4.69) is 50.8 Å². The molecule has 0 aliphatic carbocycles. The minimum Gasteiger partial charge on any atom is -0.335 e. The van der Waals surface area contributed by atoms with Gasteiger partial charge in [-0.15, -0.1) is 11.3 Å². The van der Waals surface area contributed by atoms with Crippen LogP contribution in [0.1, 0.15) is 18.1 Å². The van der Waals surface area contributed by atoms with Gasteiger partial charge >= 0.3 is 0 Å². The summed E-state index contributed by atoms with van der Waals surface area (Å²) in [7, 11) is 0. The predicted octanol–water partition coefficient (Wildman–Crippen LogP) is 4.07. The Kier molecular flexibility index (Phi) is 4.80. The van der Waals surface area contributed by atoms with Gasteiger partial charge in [0, 0.05) is 34.2 Å². The maximum Gasteiger partial charge on any atom is 0.159 e. The lowest BCUT2D eigenvalue weighted by atomic mass is 10.1. The fourth-order valence-corrected chi connectivity index (χ4v) is 4.18. The quantitative estimate of drug-likeness (QED) is 0.455. The molecule has 0 unspecified atom stereocenters. The average Bonchev–Trinajstić information content (AvgIpc) is 3.51. The van der Waals surface area contributed by atoms with Crippen LogP contribution in [0.3, 0.4) is 0 Å². The van der Waals surface area contributed by atoms with Crippen molar-refractivity contribution in [1.82, 2.24) is 30.1 Å². The molecule has 0 saturated heterocycles. The number of pyridine rings is 2. The molecule has 6 nitrogen and oxygen atoms in total. The Labute approximate surface area is 182 Å². The zero-order chi connectivity index (χ0) is 21.4. The van der Waals surface area contributed by atoms with Crippen LogP contribution in [-0.4, -0.2) is 30.1 Å². The van der Waals surface area contributed by atoms with E-state index >= 15 is 0 Å². The van der Waals surface area contributed by atoms with Crippen molar-refractivity contribution >= 4 is 40.6 Å².